The summed E-state index contributed by atoms with van der Waals surface area (Å²) >= 11 is 0. The molecule has 1 aliphatic heterocycles. The molecule has 3 aromatic heterocycles. The lowest BCUT2D eigenvalue weighted by atomic mass is 10.0. The normalized spacial score (nSPS) is 21.5. The van der Waals surface area contributed by atoms with Gasteiger partial charge in [0.25, 0.3) is 0 Å². The van der Waals surface area contributed by atoms with Crippen LogP contribution in [0.25, 0.3) is 21.9 Å². The number of nitrogens with zero attached hydrogens (tertiary/aromatic N) is 5. The van der Waals surface area contributed by atoms with Crippen LogP contribution in [0.2, 0.25) is 0 Å². The molecule has 6 rings (SSSR count). The molecule has 0 radical (unpaired) electrons. The summed E-state index contributed by atoms with van der Waals surface area (Å²) in [6, 6.07) is 8.18. The van der Waals surface area contributed by atoms with E-state index in [9.17, 15) is 5.26 Å². The largest absolute Gasteiger partial charge is 0.448 e. The summed E-state index contributed by atoms with van der Waals surface area (Å²) in [5.41, 5.74) is 4.30. The summed E-state index contributed by atoms with van der Waals surface area (Å²) in [6.45, 7) is 2.85. The van der Waals surface area contributed by atoms with E-state index in [1.807, 2.05) is 24.4 Å². The average Bonchev–Trinajstić information content (AvgIpc) is 3.42. The second-order valence-electron chi connectivity index (χ2n) is 8.72. The molecular weight excluding hydrogens is 390 g/mol. The smallest absolute Gasteiger partial charge is 0.197 e. The topological polar surface area (TPSA) is 89.8 Å². The molecule has 7 heteroatoms. The molecule has 4 aromatic rings. The van der Waals surface area contributed by atoms with E-state index < -0.39 is 0 Å². The molecule has 0 spiro atoms. The van der Waals surface area contributed by atoms with Crippen LogP contribution in [0.4, 0.5) is 0 Å². The minimum absolute atomic E-state index is 0.195. The molecule has 2 fully saturated rings. The van der Waals surface area contributed by atoms with E-state index in [4.69, 9.17) is 19.1 Å². The number of hydrogen-bond acceptors (Lipinski definition) is 6. The van der Waals surface area contributed by atoms with E-state index in [2.05, 4.69) is 22.5 Å². The van der Waals surface area contributed by atoms with Crippen LogP contribution in [0.15, 0.2) is 35.1 Å². The third-order valence-corrected chi connectivity index (χ3v) is 6.38. The van der Waals surface area contributed by atoms with Gasteiger partial charge in [0.05, 0.1) is 47.1 Å². The van der Waals surface area contributed by atoms with Gasteiger partial charge in [-0.05, 0) is 50.8 Å². The molecule has 31 heavy (non-hydrogen) atoms. The van der Waals surface area contributed by atoms with Crippen molar-refractivity contribution in [3.8, 4) is 6.07 Å². The monoisotopic (exact) mass is 413 g/mol. The second kappa shape index (κ2) is 7.17. The van der Waals surface area contributed by atoms with Gasteiger partial charge in [-0.1, -0.05) is 0 Å². The molecule has 0 amide bonds. The quantitative estimate of drug-likeness (QED) is 0.484. The Bertz CT molecular complexity index is 1330. The third-order valence-electron chi connectivity index (χ3n) is 6.38. The first-order valence-electron chi connectivity index (χ1n) is 10.9. The third kappa shape index (κ3) is 3.28. The van der Waals surface area contributed by atoms with E-state index in [1.165, 1.54) is 0 Å². The number of rotatable bonds is 4. The van der Waals surface area contributed by atoms with Crippen molar-refractivity contribution >= 4 is 21.9 Å². The molecule has 1 aromatic carbocycles. The van der Waals surface area contributed by atoms with Gasteiger partial charge in [0, 0.05) is 24.0 Å². The maximum absolute atomic E-state index is 9.45. The Balaban J connectivity index is 1.53. The fourth-order valence-corrected chi connectivity index (χ4v) is 4.71. The molecule has 1 unspecified atom stereocenters. The van der Waals surface area contributed by atoms with E-state index in [0.717, 1.165) is 71.6 Å². The molecule has 1 saturated heterocycles. The number of aromatic nitrogens is 4. The zero-order chi connectivity index (χ0) is 20.9. The van der Waals surface area contributed by atoms with Crippen molar-refractivity contribution in [3.63, 3.8) is 0 Å². The van der Waals surface area contributed by atoms with Gasteiger partial charge in [0.2, 0.25) is 0 Å². The Morgan fingerprint density at radius 3 is 2.90 bits per heavy atom. The van der Waals surface area contributed by atoms with Crippen LogP contribution in [0, 0.1) is 11.3 Å². The van der Waals surface area contributed by atoms with Crippen molar-refractivity contribution in [1.29, 1.82) is 5.26 Å². The molecule has 0 N–H and O–H groups in total. The summed E-state index contributed by atoms with van der Waals surface area (Å²) < 4.78 is 13.9. The zero-order valence-electron chi connectivity index (χ0n) is 17.4. The molecule has 2 atom stereocenters. The van der Waals surface area contributed by atoms with E-state index >= 15 is 0 Å². The predicted octanol–water partition coefficient (Wildman–Crippen LogP) is 4.65. The van der Waals surface area contributed by atoms with Crippen LogP contribution in [0.3, 0.4) is 0 Å². The number of fused-ring (bicyclic) bond motifs is 3. The molecule has 1 aliphatic carbocycles. The fourth-order valence-electron chi connectivity index (χ4n) is 4.71. The highest BCUT2D eigenvalue weighted by atomic mass is 16.5. The minimum Gasteiger partial charge on any atom is -0.448 e. The maximum atomic E-state index is 9.45. The van der Waals surface area contributed by atoms with Crippen molar-refractivity contribution in [2.24, 2.45) is 0 Å². The SMILES string of the molecule is C[C@@H]1CC(n2c(Cc3coc(C4CC4)n3)nc3cnc4ccc(C#N)cc4c32)CCO1. The number of ether oxygens (including phenoxy) is 1. The Morgan fingerprint density at radius 2 is 2.10 bits per heavy atom. The Hall–Kier alpha value is -3.24. The fraction of sp³-hybridized carbons (Fsp3) is 0.417. The summed E-state index contributed by atoms with van der Waals surface area (Å²) in [7, 11) is 0. The highest BCUT2D eigenvalue weighted by molar-refractivity contribution is 6.02. The summed E-state index contributed by atoms with van der Waals surface area (Å²) in [5.74, 6) is 2.30. The number of pyridine rings is 1. The average molecular weight is 413 g/mol. The van der Waals surface area contributed by atoms with Crippen LogP contribution >= 0.6 is 0 Å². The predicted molar refractivity (Wildman–Crippen MR) is 115 cm³/mol. The van der Waals surface area contributed by atoms with Gasteiger partial charge in [-0.3, -0.25) is 4.98 Å². The summed E-state index contributed by atoms with van der Waals surface area (Å²) in [6.07, 6.45) is 8.59. The van der Waals surface area contributed by atoms with Crippen LogP contribution in [-0.4, -0.2) is 32.2 Å². The molecule has 156 valence electrons. The first-order valence-corrected chi connectivity index (χ1v) is 10.9. The van der Waals surface area contributed by atoms with Crippen molar-refractivity contribution in [1.82, 2.24) is 19.5 Å². The summed E-state index contributed by atoms with van der Waals surface area (Å²) in [4.78, 5) is 14.3. The van der Waals surface area contributed by atoms with Crippen LogP contribution in [-0.2, 0) is 11.2 Å². The van der Waals surface area contributed by atoms with Gasteiger partial charge >= 0.3 is 0 Å². The number of nitriles is 1. The first-order chi connectivity index (χ1) is 15.2. The molecule has 0 bridgehead atoms. The van der Waals surface area contributed by atoms with Crippen molar-refractivity contribution in [3.05, 3.63) is 53.6 Å². The van der Waals surface area contributed by atoms with Gasteiger partial charge < -0.3 is 13.7 Å². The lowest BCUT2D eigenvalue weighted by Crippen LogP contribution is -2.26. The molecule has 4 heterocycles. The highest BCUT2D eigenvalue weighted by Crippen LogP contribution is 2.40. The Labute approximate surface area is 179 Å². The molecule has 1 saturated carbocycles. The van der Waals surface area contributed by atoms with Crippen LogP contribution in [0.5, 0.6) is 0 Å². The Kier molecular flexibility index (Phi) is 4.29. The van der Waals surface area contributed by atoms with E-state index in [1.54, 1.807) is 6.26 Å². The molecule has 7 nitrogen and oxygen atoms in total. The van der Waals surface area contributed by atoms with Gasteiger partial charge in [0.1, 0.15) is 17.6 Å². The van der Waals surface area contributed by atoms with Gasteiger partial charge in [-0.15, -0.1) is 0 Å². The zero-order valence-corrected chi connectivity index (χ0v) is 17.4. The minimum atomic E-state index is 0.195. The Morgan fingerprint density at radius 1 is 1.19 bits per heavy atom. The number of hydrogen-bond donors (Lipinski definition) is 0. The van der Waals surface area contributed by atoms with Crippen LogP contribution < -0.4 is 0 Å². The summed E-state index contributed by atoms with van der Waals surface area (Å²) in [5, 5.41) is 10.4. The molecule has 2 aliphatic rings. The van der Waals surface area contributed by atoms with Crippen molar-refractivity contribution in [2.75, 3.05) is 6.61 Å². The van der Waals surface area contributed by atoms with Crippen LogP contribution in [0.1, 0.15) is 67.5 Å². The first kappa shape index (κ1) is 18.5. The number of benzene rings is 1. The second-order valence-corrected chi connectivity index (χ2v) is 8.72. The van der Waals surface area contributed by atoms with Crippen molar-refractivity contribution in [2.45, 2.75) is 57.1 Å². The number of imidazole rings is 1. The van der Waals surface area contributed by atoms with Gasteiger partial charge in [0.15, 0.2) is 5.89 Å². The standard InChI is InChI=1S/C24H23N5O2/c1-14-8-18(6-7-30-14)29-22(10-17-13-31-24(27-17)16-3-4-16)28-21-12-26-20-5-2-15(11-25)9-19(20)23(21)29/h2,5,9,12-14,16,18H,3-4,6-8,10H2,1H3/t14-,18?/m1/s1. The van der Waals surface area contributed by atoms with Gasteiger partial charge in [-0.25, -0.2) is 9.97 Å². The molecular formula is C24H23N5O2. The van der Waals surface area contributed by atoms with Gasteiger partial charge in [-0.2, -0.15) is 5.26 Å². The number of oxazole rings is 1. The maximum Gasteiger partial charge on any atom is 0.197 e. The van der Waals surface area contributed by atoms with Crippen molar-refractivity contribution < 1.29 is 9.15 Å². The lowest BCUT2D eigenvalue weighted by Gasteiger charge is -2.30. The lowest BCUT2D eigenvalue weighted by molar-refractivity contribution is 0.00631. The highest BCUT2D eigenvalue weighted by Gasteiger charge is 2.30. The van der Waals surface area contributed by atoms with E-state index in [-0.39, 0.29) is 12.1 Å². The van der Waals surface area contributed by atoms with E-state index in [0.29, 0.717) is 17.9 Å².